The molecule has 0 bridgehead atoms. The lowest BCUT2D eigenvalue weighted by atomic mass is 10.2. The van der Waals surface area contributed by atoms with E-state index in [9.17, 15) is 4.79 Å². The lowest BCUT2D eigenvalue weighted by Gasteiger charge is -2.21. The van der Waals surface area contributed by atoms with Gasteiger partial charge in [-0.1, -0.05) is 6.08 Å². The van der Waals surface area contributed by atoms with Crippen LogP contribution >= 0.6 is 0 Å². The average Bonchev–Trinajstić information content (AvgIpc) is 1.94. The molecule has 1 heterocycles. The van der Waals surface area contributed by atoms with E-state index < -0.39 is 0 Å². The minimum absolute atomic E-state index is 0.0492. The highest BCUT2D eigenvalue weighted by Gasteiger charge is 2.11. The van der Waals surface area contributed by atoms with Crippen molar-refractivity contribution in [2.45, 2.75) is 6.42 Å². The maximum absolute atomic E-state index is 10.9. The van der Waals surface area contributed by atoms with Crippen LogP contribution in [0, 0.1) is 0 Å². The summed E-state index contributed by atoms with van der Waals surface area (Å²) in [5, 5.41) is 0. The zero-order valence-corrected chi connectivity index (χ0v) is 6.04. The van der Waals surface area contributed by atoms with Crippen molar-refractivity contribution in [3.63, 3.8) is 0 Å². The summed E-state index contributed by atoms with van der Waals surface area (Å²) in [5.74, 6) is 0.0492. The molecule has 1 aliphatic rings. The molecule has 0 atom stereocenters. The van der Waals surface area contributed by atoms with Crippen LogP contribution in [0.3, 0.4) is 0 Å². The Morgan fingerprint density at radius 3 is 3.20 bits per heavy atom. The number of carbonyl (C=O) groups is 1. The Kier molecular flexibility index (Phi) is 2.45. The predicted octanol–water partition coefficient (Wildman–Crippen LogP) is 0.379. The second-order valence-electron chi connectivity index (χ2n) is 2.21. The fraction of sp³-hybridized carbons (Fsp3) is 0.571. The smallest absolute Gasteiger partial charge is 0.248 e. The highest BCUT2D eigenvalue weighted by Crippen LogP contribution is 2.01. The van der Waals surface area contributed by atoms with Crippen LogP contribution in [-0.2, 0) is 9.53 Å². The van der Waals surface area contributed by atoms with Crippen molar-refractivity contribution < 1.29 is 9.53 Å². The van der Waals surface area contributed by atoms with Gasteiger partial charge in [-0.2, -0.15) is 0 Å². The normalized spacial score (nSPS) is 18.1. The number of carbonyl (C=O) groups excluding carboxylic acids is 1. The van der Waals surface area contributed by atoms with Crippen LogP contribution in [-0.4, -0.2) is 31.2 Å². The van der Waals surface area contributed by atoms with Crippen LogP contribution < -0.4 is 0 Å². The van der Waals surface area contributed by atoms with Gasteiger partial charge in [0.05, 0.1) is 0 Å². The van der Waals surface area contributed by atoms with Gasteiger partial charge in [0.25, 0.3) is 0 Å². The highest BCUT2D eigenvalue weighted by atomic mass is 16.5. The summed E-state index contributed by atoms with van der Waals surface area (Å²) in [5.41, 5.74) is 0. The fourth-order valence-electron chi connectivity index (χ4n) is 0.914. The molecule has 3 heteroatoms. The second kappa shape index (κ2) is 3.37. The number of nitrogens with zero attached hydrogens (tertiary/aromatic N) is 1. The largest absolute Gasteiger partial charge is 0.364 e. The van der Waals surface area contributed by atoms with Crippen LogP contribution in [0.4, 0.5) is 0 Å². The first-order valence-corrected chi connectivity index (χ1v) is 3.29. The number of methoxy groups -OCH3 is 1. The van der Waals surface area contributed by atoms with Crippen LogP contribution in [0.25, 0.3) is 0 Å². The molecule has 0 aromatic rings. The van der Waals surface area contributed by atoms with Crippen molar-refractivity contribution in [1.82, 2.24) is 4.90 Å². The predicted molar refractivity (Wildman–Crippen MR) is 37.3 cm³/mol. The van der Waals surface area contributed by atoms with Gasteiger partial charge in [0.15, 0.2) is 0 Å². The van der Waals surface area contributed by atoms with Gasteiger partial charge in [0.2, 0.25) is 5.91 Å². The second-order valence-corrected chi connectivity index (χ2v) is 2.21. The quantitative estimate of drug-likeness (QED) is 0.556. The summed E-state index contributed by atoms with van der Waals surface area (Å²) in [6.45, 7) is 1.19. The topological polar surface area (TPSA) is 29.5 Å². The molecule has 0 N–H and O–H groups in total. The van der Waals surface area contributed by atoms with E-state index in [4.69, 9.17) is 4.74 Å². The molecule has 0 spiro atoms. The van der Waals surface area contributed by atoms with E-state index in [-0.39, 0.29) is 5.91 Å². The fourth-order valence-corrected chi connectivity index (χ4v) is 0.914. The molecule has 1 aliphatic heterocycles. The van der Waals surface area contributed by atoms with E-state index in [1.54, 1.807) is 18.1 Å². The first kappa shape index (κ1) is 7.28. The third kappa shape index (κ3) is 1.57. The Morgan fingerprint density at radius 1 is 1.80 bits per heavy atom. The molecule has 0 fully saturated rings. The zero-order chi connectivity index (χ0) is 7.40. The van der Waals surface area contributed by atoms with Gasteiger partial charge in [0, 0.05) is 13.7 Å². The van der Waals surface area contributed by atoms with Gasteiger partial charge in [-0.25, -0.2) is 0 Å². The number of hydrogen-bond acceptors (Lipinski definition) is 2. The summed E-state index contributed by atoms with van der Waals surface area (Å²) in [6.07, 6.45) is 4.41. The molecule has 3 nitrogen and oxygen atoms in total. The minimum atomic E-state index is 0.0492. The molecule has 1 amide bonds. The van der Waals surface area contributed by atoms with E-state index in [0.717, 1.165) is 13.0 Å². The van der Waals surface area contributed by atoms with E-state index in [1.807, 2.05) is 6.08 Å². The maximum atomic E-state index is 10.9. The molecular weight excluding hydrogens is 130 g/mol. The molecular formula is C7H11NO2. The van der Waals surface area contributed by atoms with E-state index in [2.05, 4.69) is 0 Å². The van der Waals surface area contributed by atoms with Gasteiger partial charge >= 0.3 is 0 Å². The summed E-state index contributed by atoms with van der Waals surface area (Å²) in [6, 6.07) is 0. The lowest BCUT2D eigenvalue weighted by molar-refractivity contribution is -0.131. The third-order valence-electron chi connectivity index (χ3n) is 1.42. The number of ether oxygens (including phenoxy) is 1. The first-order valence-electron chi connectivity index (χ1n) is 3.29. The number of hydrogen-bond donors (Lipinski definition) is 0. The summed E-state index contributed by atoms with van der Waals surface area (Å²) < 4.78 is 4.82. The third-order valence-corrected chi connectivity index (χ3v) is 1.42. The molecule has 10 heavy (non-hydrogen) atoms. The standard InChI is InChI=1S/C7H11NO2/c1-10-6-8-5-3-2-4-7(8)9/h2,4H,3,5-6H2,1H3. The van der Waals surface area contributed by atoms with E-state index in [0.29, 0.717) is 6.73 Å². The molecule has 56 valence electrons. The molecule has 0 aliphatic carbocycles. The summed E-state index contributed by atoms with van der Waals surface area (Å²) in [4.78, 5) is 12.6. The minimum Gasteiger partial charge on any atom is -0.364 e. The average molecular weight is 141 g/mol. The summed E-state index contributed by atoms with van der Waals surface area (Å²) >= 11 is 0. The van der Waals surface area contributed by atoms with Gasteiger partial charge in [-0.05, 0) is 12.5 Å². The Bertz CT molecular complexity index is 154. The molecule has 0 unspecified atom stereocenters. The Morgan fingerprint density at radius 2 is 2.60 bits per heavy atom. The van der Waals surface area contributed by atoms with E-state index >= 15 is 0 Å². The van der Waals surface area contributed by atoms with E-state index in [1.165, 1.54) is 0 Å². The van der Waals surface area contributed by atoms with Crippen molar-refractivity contribution in [3.8, 4) is 0 Å². The van der Waals surface area contributed by atoms with Gasteiger partial charge in [-0.3, -0.25) is 4.79 Å². The monoisotopic (exact) mass is 141 g/mol. The van der Waals surface area contributed by atoms with Crippen molar-refractivity contribution in [3.05, 3.63) is 12.2 Å². The molecule has 0 radical (unpaired) electrons. The van der Waals surface area contributed by atoms with Gasteiger partial charge < -0.3 is 9.64 Å². The lowest BCUT2D eigenvalue weighted by Crippen LogP contribution is -2.34. The van der Waals surface area contributed by atoms with Crippen LogP contribution in [0.1, 0.15) is 6.42 Å². The number of rotatable bonds is 2. The van der Waals surface area contributed by atoms with Crippen LogP contribution in [0.5, 0.6) is 0 Å². The Labute approximate surface area is 60.3 Å². The number of amides is 1. The SMILES string of the molecule is COCN1CCC=CC1=O. The van der Waals surface area contributed by atoms with Crippen LogP contribution in [0.15, 0.2) is 12.2 Å². The Hall–Kier alpha value is -0.830. The molecule has 0 aromatic heterocycles. The highest BCUT2D eigenvalue weighted by molar-refractivity contribution is 5.88. The molecule has 0 saturated carbocycles. The van der Waals surface area contributed by atoms with Gasteiger partial charge in [0.1, 0.15) is 6.73 Å². The summed E-state index contributed by atoms with van der Waals surface area (Å²) in [7, 11) is 1.59. The maximum Gasteiger partial charge on any atom is 0.248 e. The molecule has 1 rings (SSSR count). The molecule has 0 aromatic carbocycles. The first-order chi connectivity index (χ1) is 4.84. The van der Waals surface area contributed by atoms with Gasteiger partial charge in [-0.15, -0.1) is 0 Å². The van der Waals surface area contributed by atoms with Crippen molar-refractivity contribution in [2.24, 2.45) is 0 Å². The Balaban J connectivity index is 2.44. The van der Waals surface area contributed by atoms with Crippen molar-refractivity contribution in [2.75, 3.05) is 20.4 Å². The van der Waals surface area contributed by atoms with Crippen molar-refractivity contribution >= 4 is 5.91 Å². The van der Waals surface area contributed by atoms with Crippen LogP contribution in [0.2, 0.25) is 0 Å². The van der Waals surface area contributed by atoms with Crippen molar-refractivity contribution in [1.29, 1.82) is 0 Å². The molecule has 0 saturated heterocycles. The zero-order valence-electron chi connectivity index (χ0n) is 6.04.